The van der Waals surface area contributed by atoms with Gasteiger partial charge in [-0.1, -0.05) is 17.7 Å². The molecule has 1 rings (SSSR count). The molecule has 14 heavy (non-hydrogen) atoms. The van der Waals surface area contributed by atoms with Crippen molar-refractivity contribution in [3.63, 3.8) is 0 Å². The van der Waals surface area contributed by atoms with E-state index in [9.17, 15) is 4.79 Å². The van der Waals surface area contributed by atoms with Gasteiger partial charge < -0.3 is 5.11 Å². The van der Waals surface area contributed by atoms with Gasteiger partial charge in [-0.15, -0.1) is 0 Å². The van der Waals surface area contributed by atoms with E-state index in [1.807, 2.05) is 19.9 Å². The Labute approximate surface area is 87.9 Å². The molecule has 0 spiro atoms. The van der Waals surface area contributed by atoms with Gasteiger partial charge in [-0.25, -0.2) is 4.79 Å². The number of rotatable bonds is 1. The molecule has 1 N–H and O–H groups in total. The minimum Gasteiger partial charge on any atom is -0.465 e. The van der Waals surface area contributed by atoms with E-state index in [-0.39, 0.29) is 0 Å². The largest absolute Gasteiger partial charge is 0.465 e. The zero-order valence-electron chi connectivity index (χ0n) is 8.34. The maximum Gasteiger partial charge on any atom is 0.411 e. The van der Waals surface area contributed by atoms with Crippen molar-refractivity contribution in [1.82, 2.24) is 0 Å². The minimum absolute atomic E-state index is 0.495. The van der Waals surface area contributed by atoms with Crippen LogP contribution in [0.5, 0.6) is 0 Å². The van der Waals surface area contributed by atoms with Gasteiger partial charge in [0.25, 0.3) is 0 Å². The fourth-order valence-corrected chi connectivity index (χ4v) is 1.47. The molecule has 0 saturated carbocycles. The zero-order valence-corrected chi connectivity index (χ0v) is 9.09. The molecular formula is C10H12ClNO2. The predicted octanol–water partition coefficient (Wildman–Crippen LogP) is 3.07. The molecule has 0 atom stereocenters. The Bertz CT molecular complexity index is 377. The maximum absolute atomic E-state index is 10.7. The number of hydrogen-bond acceptors (Lipinski definition) is 1. The van der Waals surface area contributed by atoms with Crippen molar-refractivity contribution < 1.29 is 9.90 Å². The van der Waals surface area contributed by atoms with Crippen molar-refractivity contribution >= 4 is 23.4 Å². The predicted molar refractivity (Wildman–Crippen MR) is 57.4 cm³/mol. The number of aryl methyl sites for hydroxylation is 1. The molecule has 0 bridgehead atoms. The molecule has 0 saturated heterocycles. The minimum atomic E-state index is -1.02. The molecule has 0 heterocycles. The quantitative estimate of drug-likeness (QED) is 0.779. The van der Waals surface area contributed by atoms with E-state index in [2.05, 4.69) is 0 Å². The SMILES string of the molecule is Cc1ccc(N(C)C(=O)O)c(Cl)c1C. The first-order valence-corrected chi connectivity index (χ1v) is 4.55. The van der Waals surface area contributed by atoms with Crippen LogP contribution in [-0.2, 0) is 0 Å². The molecule has 0 fully saturated rings. The third-order valence-electron chi connectivity index (χ3n) is 2.29. The Morgan fingerprint density at radius 2 is 2.00 bits per heavy atom. The van der Waals surface area contributed by atoms with Gasteiger partial charge in [0.05, 0.1) is 10.7 Å². The summed E-state index contributed by atoms with van der Waals surface area (Å²) in [6.07, 6.45) is -1.02. The number of amides is 1. The summed E-state index contributed by atoms with van der Waals surface area (Å²) in [6, 6.07) is 3.56. The number of halogens is 1. The number of anilines is 1. The molecule has 4 heteroatoms. The topological polar surface area (TPSA) is 40.5 Å². The Balaban J connectivity index is 3.24. The Kier molecular flexibility index (Phi) is 3.01. The molecule has 76 valence electrons. The van der Waals surface area contributed by atoms with Crippen LogP contribution >= 0.6 is 11.6 Å². The van der Waals surface area contributed by atoms with E-state index in [1.54, 1.807) is 6.07 Å². The summed E-state index contributed by atoms with van der Waals surface area (Å²) in [6.45, 7) is 3.81. The first-order valence-electron chi connectivity index (χ1n) is 4.17. The van der Waals surface area contributed by atoms with Crippen molar-refractivity contribution in [3.05, 3.63) is 28.3 Å². The van der Waals surface area contributed by atoms with Gasteiger partial charge in [0.2, 0.25) is 0 Å². The molecule has 0 radical (unpaired) electrons. The smallest absolute Gasteiger partial charge is 0.411 e. The van der Waals surface area contributed by atoms with Crippen molar-refractivity contribution in [1.29, 1.82) is 0 Å². The number of carbonyl (C=O) groups is 1. The van der Waals surface area contributed by atoms with E-state index in [1.165, 1.54) is 7.05 Å². The molecular weight excluding hydrogens is 202 g/mol. The molecule has 0 aliphatic heterocycles. The van der Waals surface area contributed by atoms with Gasteiger partial charge in [-0.2, -0.15) is 0 Å². The van der Waals surface area contributed by atoms with Gasteiger partial charge in [-0.3, -0.25) is 4.90 Å². The summed E-state index contributed by atoms with van der Waals surface area (Å²) in [4.78, 5) is 11.8. The van der Waals surface area contributed by atoms with Crippen molar-refractivity contribution in [2.45, 2.75) is 13.8 Å². The lowest BCUT2D eigenvalue weighted by Crippen LogP contribution is -2.24. The Morgan fingerprint density at radius 1 is 1.43 bits per heavy atom. The lowest BCUT2D eigenvalue weighted by molar-refractivity contribution is 0.203. The number of carboxylic acid groups (broad SMARTS) is 1. The first-order chi connectivity index (χ1) is 6.45. The fourth-order valence-electron chi connectivity index (χ4n) is 1.13. The highest BCUT2D eigenvalue weighted by Gasteiger charge is 2.14. The zero-order chi connectivity index (χ0) is 10.9. The molecule has 0 unspecified atom stereocenters. The van der Waals surface area contributed by atoms with Crippen molar-refractivity contribution in [2.75, 3.05) is 11.9 Å². The number of benzene rings is 1. The van der Waals surface area contributed by atoms with Gasteiger partial charge in [0, 0.05) is 7.05 Å². The summed E-state index contributed by atoms with van der Waals surface area (Å²) >= 11 is 6.03. The first kappa shape index (κ1) is 10.9. The summed E-state index contributed by atoms with van der Waals surface area (Å²) in [5, 5.41) is 9.28. The molecule has 0 aromatic heterocycles. The highest BCUT2D eigenvalue weighted by Crippen LogP contribution is 2.30. The molecule has 1 aromatic carbocycles. The third-order valence-corrected chi connectivity index (χ3v) is 2.76. The van der Waals surface area contributed by atoms with Gasteiger partial charge in [-0.05, 0) is 31.0 Å². The lowest BCUT2D eigenvalue weighted by Gasteiger charge is -2.16. The van der Waals surface area contributed by atoms with Crippen LogP contribution in [-0.4, -0.2) is 18.2 Å². The van der Waals surface area contributed by atoms with Gasteiger partial charge in [0.1, 0.15) is 0 Å². The van der Waals surface area contributed by atoms with Crippen LogP contribution in [0.3, 0.4) is 0 Å². The number of hydrogen-bond donors (Lipinski definition) is 1. The van der Waals surface area contributed by atoms with E-state index >= 15 is 0 Å². The Hall–Kier alpha value is -1.22. The molecule has 1 aromatic rings. The van der Waals surface area contributed by atoms with Crippen LogP contribution in [0.1, 0.15) is 11.1 Å². The molecule has 0 aliphatic rings. The average molecular weight is 214 g/mol. The fraction of sp³-hybridized carbons (Fsp3) is 0.300. The summed E-state index contributed by atoms with van der Waals surface area (Å²) in [5.74, 6) is 0. The summed E-state index contributed by atoms with van der Waals surface area (Å²) in [5.41, 5.74) is 2.48. The standard InChI is InChI=1S/C10H12ClNO2/c1-6-4-5-8(9(11)7(6)2)12(3)10(13)14/h4-5H,1-3H3,(H,13,14). The normalized spacial score (nSPS) is 10.0. The summed E-state index contributed by atoms with van der Waals surface area (Å²) < 4.78 is 0. The third kappa shape index (κ3) is 1.82. The molecule has 0 aliphatic carbocycles. The highest BCUT2D eigenvalue weighted by molar-refractivity contribution is 6.34. The highest BCUT2D eigenvalue weighted by atomic mass is 35.5. The van der Waals surface area contributed by atoms with Crippen LogP contribution in [0, 0.1) is 13.8 Å². The van der Waals surface area contributed by atoms with Crippen LogP contribution < -0.4 is 4.90 Å². The van der Waals surface area contributed by atoms with E-state index in [4.69, 9.17) is 16.7 Å². The second-order valence-corrected chi connectivity index (χ2v) is 3.56. The van der Waals surface area contributed by atoms with Crippen molar-refractivity contribution in [3.8, 4) is 0 Å². The van der Waals surface area contributed by atoms with E-state index < -0.39 is 6.09 Å². The second kappa shape index (κ2) is 3.88. The monoisotopic (exact) mass is 213 g/mol. The van der Waals surface area contributed by atoms with Gasteiger partial charge >= 0.3 is 6.09 Å². The van der Waals surface area contributed by atoms with Crippen LogP contribution in [0.4, 0.5) is 10.5 Å². The molecule has 1 amide bonds. The van der Waals surface area contributed by atoms with E-state index in [0.717, 1.165) is 16.0 Å². The maximum atomic E-state index is 10.7. The number of nitrogens with zero attached hydrogens (tertiary/aromatic N) is 1. The van der Waals surface area contributed by atoms with Crippen LogP contribution in [0.25, 0.3) is 0 Å². The van der Waals surface area contributed by atoms with Crippen LogP contribution in [0.15, 0.2) is 12.1 Å². The van der Waals surface area contributed by atoms with Crippen molar-refractivity contribution in [2.24, 2.45) is 0 Å². The lowest BCUT2D eigenvalue weighted by atomic mass is 10.1. The summed E-state index contributed by atoms with van der Waals surface area (Å²) in [7, 11) is 1.47. The second-order valence-electron chi connectivity index (χ2n) is 3.18. The molecule has 3 nitrogen and oxygen atoms in total. The average Bonchev–Trinajstić information content (AvgIpc) is 2.13. The van der Waals surface area contributed by atoms with E-state index in [0.29, 0.717) is 10.7 Å². The van der Waals surface area contributed by atoms with Gasteiger partial charge in [0.15, 0.2) is 0 Å². The van der Waals surface area contributed by atoms with Crippen LogP contribution in [0.2, 0.25) is 5.02 Å². The Morgan fingerprint density at radius 3 is 2.50 bits per heavy atom.